The molecule has 4 aromatic rings. The lowest BCUT2D eigenvalue weighted by atomic mass is 10.2. The number of nitrogens with zero attached hydrogens (tertiary/aromatic N) is 2. The van der Waals surface area contributed by atoms with Gasteiger partial charge in [0.2, 0.25) is 0 Å². The zero-order valence-corrected chi connectivity index (χ0v) is 15.2. The Bertz CT molecular complexity index is 1090. The molecule has 140 valence electrons. The molecule has 0 radical (unpaired) electrons. The van der Waals surface area contributed by atoms with Crippen LogP contribution in [0.3, 0.4) is 0 Å². The van der Waals surface area contributed by atoms with Crippen molar-refractivity contribution in [1.82, 2.24) is 15.4 Å². The number of aromatic nitrogens is 3. The first-order valence-corrected chi connectivity index (χ1v) is 8.84. The van der Waals surface area contributed by atoms with E-state index in [1.165, 1.54) is 0 Å². The normalized spacial score (nSPS) is 10.6. The van der Waals surface area contributed by atoms with Crippen LogP contribution in [0, 0.1) is 0 Å². The van der Waals surface area contributed by atoms with Crippen molar-refractivity contribution < 1.29 is 14.3 Å². The molecule has 7 nitrogen and oxygen atoms in total. The summed E-state index contributed by atoms with van der Waals surface area (Å²) in [4.78, 5) is 12.4. The summed E-state index contributed by atoms with van der Waals surface area (Å²) >= 11 is 0. The van der Waals surface area contributed by atoms with Crippen LogP contribution in [0.5, 0.6) is 17.2 Å². The van der Waals surface area contributed by atoms with Crippen molar-refractivity contribution in [3.8, 4) is 17.2 Å². The topological polar surface area (TPSA) is 89.1 Å². The summed E-state index contributed by atoms with van der Waals surface area (Å²) in [5.74, 6) is 1.97. The first-order chi connectivity index (χ1) is 13.7. The van der Waals surface area contributed by atoms with Crippen LogP contribution in [0.1, 0.15) is 17.3 Å². The van der Waals surface area contributed by atoms with Gasteiger partial charge in [-0.15, -0.1) is 0 Å². The Labute approximate surface area is 161 Å². The fraction of sp³-hybridized carbons (Fsp3) is 0.0952. The summed E-state index contributed by atoms with van der Waals surface area (Å²) in [5, 5.41) is 13.4. The van der Waals surface area contributed by atoms with E-state index in [0.717, 1.165) is 5.75 Å². The third-order valence-electron chi connectivity index (χ3n) is 4.06. The zero-order valence-electron chi connectivity index (χ0n) is 15.2. The van der Waals surface area contributed by atoms with Crippen LogP contribution in [-0.4, -0.2) is 27.9 Å². The zero-order chi connectivity index (χ0) is 19.3. The monoisotopic (exact) mass is 374 g/mol. The average Bonchev–Trinajstić information content (AvgIpc) is 3.19. The number of benzene rings is 3. The van der Waals surface area contributed by atoms with Crippen molar-refractivity contribution in [2.75, 3.05) is 11.9 Å². The SMILES string of the molecule is CCOc1ccc(Oc2ccc(NC(=O)c3ccc4n[nH]nc4c3)cc2)cc1. The van der Waals surface area contributed by atoms with E-state index in [1.54, 1.807) is 42.5 Å². The summed E-state index contributed by atoms with van der Waals surface area (Å²) in [5.41, 5.74) is 2.54. The second-order valence-corrected chi connectivity index (χ2v) is 6.01. The Morgan fingerprint density at radius 2 is 1.54 bits per heavy atom. The molecule has 28 heavy (non-hydrogen) atoms. The van der Waals surface area contributed by atoms with Gasteiger partial charge in [0, 0.05) is 11.3 Å². The number of H-pyrrole nitrogens is 1. The second-order valence-electron chi connectivity index (χ2n) is 6.01. The minimum atomic E-state index is -0.218. The Morgan fingerprint density at radius 3 is 2.25 bits per heavy atom. The van der Waals surface area contributed by atoms with Crippen molar-refractivity contribution in [3.05, 3.63) is 72.3 Å². The standard InChI is InChI=1S/C21H18N4O3/c1-2-27-16-8-10-18(11-9-16)28-17-6-4-15(5-7-17)22-21(26)14-3-12-19-20(13-14)24-25-23-19/h3-13H,2H2,1H3,(H,22,26)(H,23,24,25). The molecule has 0 aliphatic heterocycles. The maximum Gasteiger partial charge on any atom is 0.255 e. The van der Waals surface area contributed by atoms with Gasteiger partial charge >= 0.3 is 0 Å². The van der Waals surface area contributed by atoms with E-state index in [0.29, 0.717) is 40.4 Å². The smallest absolute Gasteiger partial charge is 0.255 e. The molecule has 0 saturated heterocycles. The molecular weight excluding hydrogens is 356 g/mol. The highest BCUT2D eigenvalue weighted by molar-refractivity contribution is 6.05. The van der Waals surface area contributed by atoms with Gasteiger partial charge in [0.05, 0.1) is 6.61 Å². The van der Waals surface area contributed by atoms with Gasteiger partial charge in [-0.2, -0.15) is 15.4 Å². The molecule has 7 heteroatoms. The van der Waals surface area contributed by atoms with Crippen LogP contribution in [0.2, 0.25) is 0 Å². The summed E-state index contributed by atoms with van der Waals surface area (Å²) in [6.45, 7) is 2.57. The molecule has 0 unspecified atom stereocenters. The Hall–Kier alpha value is -3.87. The van der Waals surface area contributed by atoms with E-state index < -0.39 is 0 Å². The maximum atomic E-state index is 12.4. The van der Waals surface area contributed by atoms with E-state index >= 15 is 0 Å². The van der Waals surface area contributed by atoms with Crippen molar-refractivity contribution in [1.29, 1.82) is 0 Å². The van der Waals surface area contributed by atoms with Crippen LogP contribution in [0.25, 0.3) is 11.0 Å². The minimum Gasteiger partial charge on any atom is -0.494 e. The van der Waals surface area contributed by atoms with Crippen LogP contribution >= 0.6 is 0 Å². The van der Waals surface area contributed by atoms with E-state index in [-0.39, 0.29) is 5.91 Å². The molecule has 0 aliphatic rings. The van der Waals surface area contributed by atoms with Gasteiger partial charge in [0.1, 0.15) is 28.3 Å². The molecule has 0 saturated carbocycles. The van der Waals surface area contributed by atoms with Crippen LogP contribution in [0.4, 0.5) is 5.69 Å². The molecular formula is C21H18N4O3. The molecule has 0 bridgehead atoms. The van der Waals surface area contributed by atoms with Gasteiger partial charge < -0.3 is 14.8 Å². The molecule has 1 aromatic heterocycles. The van der Waals surface area contributed by atoms with Crippen LogP contribution in [0.15, 0.2) is 66.7 Å². The van der Waals surface area contributed by atoms with E-state index in [4.69, 9.17) is 9.47 Å². The quantitative estimate of drug-likeness (QED) is 0.522. The largest absolute Gasteiger partial charge is 0.494 e. The van der Waals surface area contributed by atoms with Gasteiger partial charge in [0.15, 0.2) is 0 Å². The number of carbonyl (C=O) groups is 1. The molecule has 1 heterocycles. The highest BCUT2D eigenvalue weighted by Gasteiger charge is 2.09. The summed E-state index contributed by atoms with van der Waals surface area (Å²) < 4.78 is 11.2. The lowest BCUT2D eigenvalue weighted by molar-refractivity contribution is 0.102. The second kappa shape index (κ2) is 7.79. The third-order valence-corrected chi connectivity index (χ3v) is 4.06. The number of fused-ring (bicyclic) bond motifs is 1. The number of carbonyl (C=O) groups excluding carboxylic acids is 1. The summed E-state index contributed by atoms with van der Waals surface area (Å²) in [6, 6.07) is 19.7. The van der Waals surface area contributed by atoms with Crippen molar-refractivity contribution in [2.45, 2.75) is 6.92 Å². The number of rotatable bonds is 6. The number of hydrogen-bond acceptors (Lipinski definition) is 5. The third kappa shape index (κ3) is 3.93. The number of nitrogens with one attached hydrogen (secondary N) is 2. The predicted octanol–water partition coefficient (Wildman–Crippen LogP) is 4.40. The molecule has 1 amide bonds. The van der Waals surface area contributed by atoms with Gasteiger partial charge in [-0.1, -0.05) is 0 Å². The van der Waals surface area contributed by atoms with Crippen molar-refractivity contribution >= 4 is 22.6 Å². The number of anilines is 1. The van der Waals surface area contributed by atoms with Gasteiger partial charge in [-0.3, -0.25) is 4.79 Å². The minimum absolute atomic E-state index is 0.218. The highest BCUT2D eigenvalue weighted by atomic mass is 16.5. The first kappa shape index (κ1) is 17.5. The summed E-state index contributed by atoms with van der Waals surface area (Å²) in [6.07, 6.45) is 0. The van der Waals surface area contributed by atoms with Gasteiger partial charge in [-0.05, 0) is 73.7 Å². The van der Waals surface area contributed by atoms with E-state index in [2.05, 4.69) is 20.7 Å². The van der Waals surface area contributed by atoms with Gasteiger partial charge in [-0.25, -0.2) is 0 Å². The predicted molar refractivity (Wildman–Crippen MR) is 106 cm³/mol. The number of hydrogen-bond donors (Lipinski definition) is 2. The first-order valence-electron chi connectivity index (χ1n) is 8.84. The number of amides is 1. The molecule has 2 N–H and O–H groups in total. The Morgan fingerprint density at radius 1 is 0.893 bits per heavy atom. The van der Waals surface area contributed by atoms with Crippen LogP contribution < -0.4 is 14.8 Å². The molecule has 0 spiro atoms. The van der Waals surface area contributed by atoms with Gasteiger partial charge in [0.25, 0.3) is 5.91 Å². The average molecular weight is 374 g/mol. The van der Waals surface area contributed by atoms with Crippen molar-refractivity contribution in [2.24, 2.45) is 0 Å². The fourth-order valence-corrected chi connectivity index (χ4v) is 2.70. The fourth-order valence-electron chi connectivity index (χ4n) is 2.70. The molecule has 0 aliphatic carbocycles. The van der Waals surface area contributed by atoms with Crippen LogP contribution in [-0.2, 0) is 0 Å². The van der Waals surface area contributed by atoms with E-state index in [1.807, 2.05) is 31.2 Å². The lowest BCUT2D eigenvalue weighted by Gasteiger charge is -2.09. The highest BCUT2D eigenvalue weighted by Crippen LogP contribution is 2.25. The number of aromatic amines is 1. The van der Waals surface area contributed by atoms with Crippen molar-refractivity contribution in [3.63, 3.8) is 0 Å². The van der Waals surface area contributed by atoms with E-state index in [9.17, 15) is 4.79 Å². The molecule has 0 atom stereocenters. The Kier molecular flexibility index (Phi) is 4.88. The number of ether oxygens (including phenoxy) is 2. The molecule has 0 fully saturated rings. The molecule has 4 rings (SSSR count). The maximum absolute atomic E-state index is 12.4. The Balaban J connectivity index is 1.40. The lowest BCUT2D eigenvalue weighted by Crippen LogP contribution is -2.11. The molecule has 3 aromatic carbocycles. The summed E-state index contributed by atoms with van der Waals surface area (Å²) in [7, 11) is 0.